The van der Waals surface area contributed by atoms with Crippen LogP contribution in [0.5, 0.6) is 0 Å². The van der Waals surface area contributed by atoms with Gasteiger partial charge in [-0.3, -0.25) is 0 Å². The van der Waals surface area contributed by atoms with E-state index in [2.05, 4.69) is 17.2 Å². The topological polar surface area (TPSA) is 73.6 Å². The zero-order valence-corrected chi connectivity index (χ0v) is 8.33. The Balaban J connectivity index is 2.45. The van der Waals surface area contributed by atoms with Crippen LogP contribution in [0, 0.1) is 0 Å². The van der Waals surface area contributed by atoms with Crippen molar-refractivity contribution in [3.63, 3.8) is 0 Å². The van der Waals surface area contributed by atoms with E-state index < -0.39 is 0 Å². The predicted molar refractivity (Wildman–Crippen MR) is 59.6 cm³/mol. The minimum absolute atomic E-state index is 0.0126. The van der Waals surface area contributed by atoms with E-state index in [9.17, 15) is 0 Å². The van der Waals surface area contributed by atoms with Crippen molar-refractivity contribution in [1.82, 2.24) is 0 Å². The number of ether oxygens (including phenoxy) is 1. The van der Waals surface area contributed by atoms with Crippen LogP contribution in [-0.4, -0.2) is 11.1 Å². The lowest BCUT2D eigenvalue weighted by molar-refractivity contribution is 0.288. The third kappa shape index (κ3) is 3.86. The Kier molecular flexibility index (Phi) is 3.87. The van der Waals surface area contributed by atoms with Gasteiger partial charge in [0.1, 0.15) is 6.61 Å². The molecule has 74 valence electrons. The van der Waals surface area contributed by atoms with Crippen LogP contribution >= 0.6 is 12.2 Å². The molecule has 0 aromatic heterocycles. The third-order valence-electron chi connectivity index (χ3n) is 1.45. The second kappa shape index (κ2) is 5.18. The van der Waals surface area contributed by atoms with E-state index in [-0.39, 0.29) is 11.1 Å². The molecular formula is C9H11N3OS. The molecule has 0 saturated carbocycles. The van der Waals surface area contributed by atoms with Gasteiger partial charge in [0, 0.05) is 0 Å². The molecule has 5 heteroatoms. The van der Waals surface area contributed by atoms with E-state index in [4.69, 9.17) is 16.2 Å². The summed E-state index contributed by atoms with van der Waals surface area (Å²) >= 11 is 4.53. The standard InChI is InChI=1S/C9H11N3OS/c10-8(12-9(11)14)13-6-7-4-2-1-3-5-7/h1-5H,6H2,(H4,10,11,12,14). The van der Waals surface area contributed by atoms with Crippen molar-refractivity contribution < 1.29 is 4.74 Å². The first-order chi connectivity index (χ1) is 6.68. The average Bonchev–Trinajstić information content (AvgIpc) is 2.15. The van der Waals surface area contributed by atoms with Gasteiger partial charge >= 0.3 is 0 Å². The predicted octanol–water partition coefficient (Wildman–Crippen LogP) is 0.761. The first kappa shape index (κ1) is 10.5. The van der Waals surface area contributed by atoms with E-state index in [0.717, 1.165) is 5.56 Å². The number of thiocarbonyl (C=S) groups is 1. The largest absolute Gasteiger partial charge is 0.460 e. The SMILES string of the molecule is NC(=S)/N=C(\N)OCc1ccccc1. The Morgan fingerprint density at radius 3 is 2.50 bits per heavy atom. The number of nitrogens with two attached hydrogens (primary N) is 2. The third-order valence-corrected chi connectivity index (χ3v) is 1.54. The smallest absolute Gasteiger partial charge is 0.289 e. The molecule has 4 nitrogen and oxygen atoms in total. The van der Waals surface area contributed by atoms with Crippen molar-refractivity contribution >= 4 is 23.4 Å². The summed E-state index contributed by atoms with van der Waals surface area (Å²) in [5.74, 6) is 0. The van der Waals surface area contributed by atoms with Crippen LogP contribution < -0.4 is 11.5 Å². The van der Waals surface area contributed by atoms with E-state index in [1.807, 2.05) is 30.3 Å². The Hall–Kier alpha value is -1.62. The molecule has 0 radical (unpaired) electrons. The molecule has 0 atom stereocenters. The average molecular weight is 209 g/mol. The first-order valence-electron chi connectivity index (χ1n) is 3.99. The molecule has 0 aliphatic carbocycles. The van der Waals surface area contributed by atoms with Crippen molar-refractivity contribution in [2.75, 3.05) is 0 Å². The summed E-state index contributed by atoms with van der Waals surface area (Å²) in [5.41, 5.74) is 11.5. The Labute approximate surface area is 87.6 Å². The quantitative estimate of drug-likeness (QED) is 0.428. The molecule has 4 N–H and O–H groups in total. The number of aliphatic imine (C=N–C) groups is 1. The summed E-state index contributed by atoms with van der Waals surface area (Å²) in [6.07, 6.45) is 0. The second-order valence-corrected chi connectivity index (χ2v) is 2.98. The lowest BCUT2D eigenvalue weighted by Gasteiger charge is -2.03. The molecule has 1 aromatic rings. The molecule has 0 aliphatic rings. The Morgan fingerprint density at radius 2 is 1.93 bits per heavy atom. The summed E-state index contributed by atoms with van der Waals surface area (Å²) in [6.45, 7) is 0.360. The van der Waals surface area contributed by atoms with Gasteiger partial charge in [0.05, 0.1) is 0 Å². The number of benzene rings is 1. The highest BCUT2D eigenvalue weighted by Crippen LogP contribution is 1.99. The maximum Gasteiger partial charge on any atom is 0.289 e. The summed E-state index contributed by atoms with van der Waals surface area (Å²) in [6, 6.07) is 9.60. The van der Waals surface area contributed by atoms with Gasteiger partial charge in [-0.15, -0.1) is 0 Å². The zero-order valence-electron chi connectivity index (χ0n) is 7.51. The fourth-order valence-corrected chi connectivity index (χ4v) is 0.962. The molecular weight excluding hydrogens is 198 g/mol. The van der Waals surface area contributed by atoms with Crippen molar-refractivity contribution in [1.29, 1.82) is 0 Å². The first-order valence-corrected chi connectivity index (χ1v) is 4.39. The highest BCUT2D eigenvalue weighted by Gasteiger charge is 1.95. The monoisotopic (exact) mass is 209 g/mol. The van der Waals surface area contributed by atoms with Crippen molar-refractivity contribution in [3.05, 3.63) is 35.9 Å². The lowest BCUT2D eigenvalue weighted by atomic mass is 10.2. The van der Waals surface area contributed by atoms with Gasteiger partial charge in [-0.2, -0.15) is 4.99 Å². The van der Waals surface area contributed by atoms with E-state index in [1.54, 1.807) is 0 Å². The van der Waals surface area contributed by atoms with Crippen LogP contribution in [0.3, 0.4) is 0 Å². The second-order valence-electron chi connectivity index (χ2n) is 2.56. The van der Waals surface area contributed by atoms with Gasteiger partial charge in [-0.25, -0.2) is 0 Å². The molecule has 0 bridgehead atoms. The number of hydrogen-bond donors (Lipinski definition) is 2. The van der Waals surface area contributed by atoms with E-state index in [0.29, 0.717) is 6.61 Å². The van der Waals surface area contributed by atoms with Crippen LogP contribution in [0.1, 0.15) is 5.56 Å². The summed E-state index contributed by atoms with van der Waals surface area (Å²) in [7, 11) is 0. The highest BCUT2D eigenvalue weighted by atomic mass is 32.1. The molecule has 0 saturated heterocycles. The molecule has 0 fully saturated rings. The fourth-order valence-electron chi connectivity index (χ4n) is 0.872. The fraction of sp³-hybridized carbons (Fsp3) is 0.111. The summed E-state index contributed by atoms with van der Waals surface area (Å²) in [5, 5.41) is -0.0319. The number of rotatable bonds is 2. The van der Waals surface area contributed by atoms with Crippen molar-refractivity contribution in [3.8, 4) is 0 Å². The van der Waals surface area contributed by atoms with Gasteiger partial charge in [0.15, 0.2) is 5.11 Å². The van der Waals surface area contributed by atoms with Crippen LogP contribution in [0.25, 0.3) is 0 Å². The van der Waals surface area contributed by atoms with Gasteiger partial charge < -0.3 is 16.2 Å². The van der Waals surface area contributed by atoms with Gasteiger partial charge in [0.2, 0.25) is 0 Å². The van der Waals surface area contributed by atoms with Crippen LogP contribution in [0.4, 0.5) is 0 Å². The van der Waals surface area contributed by atoms with E-state index in [1.165, 1.54) is 0 Å². The van der Waals surface area contributed by atoms with Crippen molar-refractivity contribution in [2.24, 2.45) is 16.5 Å². The zero-order chi connectivity index (χ0) is 10.4. The van der Waals surface area contributed by atoms with Gasteiger partial charge in [-0.05, 0) is 17.8 Å². The highest BCUT2D eigenvalue weighted by molar-refractivity contribution is 7.80. The molecule has 0 unspecified atom stereocenters. The molecule has 1 rings (SSSR count). The normalized spacial score (nSPS) is 11.0. The van der Waals surface area contributed by atoms with Crippen LogP contribution in [0.15, 0.2) is 35.3 Å². The van der Waals surface area contributed by atoms with Crippen LogP contribution in [-0.2, 0) is 11.3 Å². The minimum atomic E-state index is -0.0319. The maximum atomic E-state index is 5.38. The lowest BCUT2D eigenvalue weighted by Crippen LogP contribution is -2.20. The maximum absolute atomic E-state index is 5.38. The van der Waals surface area contributed by atoms with E-state index >= 15 is 0 Å². The number of amidine groups is 1. The summed E-state index contributed by atoms with van der Waals surface area (Å²) < 4.78 is 5.10. The van der Waals surface area contributed by atoms with Crippen molar-refractivity contribution in [2.45, 2.75) is 6.61 Å². The number of nitrogens with zero attached hydrogens (tertiary/aromatic N) is 1. The Morgan fingerprint density at radius 1 is 1.29 bits per heavy atom. The molecule has 0 amide bonds. The van der Waals surface area contributed by atoms with Gasteiger partial charge in [0.25, 0.3) is 6.02 Å². The molecule has 14 heavy (non-hydrogen) atoms. The number of hydrogen-bond acceptors (Lipinski definition) is 2. The molecule has 0 aliphatic heterocycles. The summed E-state index contributed by atoms with van der Waals surface area (Å²) in [4.78, 5) is 3.57. The Bertz CT molecular complexity index is 337. The van der Waals surface area contributed by atoms with Crippen LogP contribution in [0.2, 0.25) is 0 Å². The molecule has 0 heterocycles. The molecule has 0 spiro atoms. The minimum Gasteiger partial charge on any atom is -0.460 e. The van der Waals surface area contributed by atoms with Gasteiger partial charge in [-0.1, -0.05) is 30.3 Å². The molecule has 1 aromatic carbocycles.